The molecule has 0 aromatic heterocycles. The molecule has 84 valence electrons. The SMILES string of the molecule is CCCCCCC1(C)NC(C)(C)CS1. The van der Waals surface area contributed by atoms with E-state index in [2.05, 4.69) is 44.8 Å². The Balaban J connectivity index is 2.23. The molecule has 1 atom stereocenters. The van der Waals surface area contributed by atoms with Crippen LogP contribution in [0.1, 0.15) is 59.8 Å². The minimum absolute atomic E-state index is 0.337. The Morgan fingerprint density at radius 3 is 2.36 bits per heavy atom. The number of hydrogen-bond donors (Lipinski definition) is 1. The Morgan fingerprint density at radius 1 is 1.14 bits per heavy atom. The van der Waals surface area contributed by atoms with E-state index in [0.29, 0.717) is 10.4 Å². The second kappa shape index (κ2) is 4.89. The predicted octanol–water partition coefficient (Wildman–Crippen LogP) is 3.79. The molecule has 1 rings (SSSR count). The van der Waals surface area contributed by atoms with Gasteiger partial charge in [0.2, 0.25) is 0 Å². The summed E-state index contributed by atoms with van der Waals surface area (Å²) in [6, 6.07) is 0. The molecule has 0 saturated carbocycles. The molecule has 1 aliphatic heterocycles. The van der Waals surface area contributed by atoms with E-state index < -0.39 is 0 Å². The highest BCUT2D eigenvalue weighted by Crippen LogP contribution is 2.38. The van der Waals surface area contributed by atoms with Gasteiger partial charge in [0.15, 0.2) is 0 Å². The lowest BCUT2D eigenvalue weighted by Crippen LogP contribution is -2.45. The molecule has 0 radical (unpaired) electrons. The van der Waals surface area contributed by atoms with Gasteiger partial charge in [0, 0.05) is 11.3 Å². The number of rotatable bonds is 5. The first-order valence-corrected chi connectivity index (χ1v) is 6.89. The van der Waals surface area contributed by atoms with Gasteiger partial charge < -0.3 is 0 Å². The first-order valence-electron chi connectivity index (χ1n) is 5.91. The monoisotopic (exact) mass is 215 g/mol. The molecule has 0 amide bonds. The molecule has 1 heterocycles. The molecule has 0 aromatic rings. The van der Waals surface area contributed by atoms with Gasteiger partial charge in [-0.3, -0.25) is 5.32 Å². The van der Waals surface area contributed by atoms with E-state index >= 15 is 0 Å². The third kappa shape index (κ3) is 3.82. The number of thioether (sulfide) groups is 1. The minimum Gasteiger partial charge on any atom is -0.297 e. The van der Waals surface area contributed by atoms with Gasteiger partial charge in [-0.25, -0.2) is 0 Å². The average Bonchev–Trinajstić information content (AvgIpc) is 2.36. The van der Waals surface area contributed by atoms with Crippen LogP contribution in [-0.4, -0.2) is 16.2 Å². The summed E-state index contributed by atoms with van der Waals surface area (Å²) in [5.41, 5.74) is 0.337. The summed E-state index contributed by atoms with van der Waals surface area (Å²) >= 11 is 2.10. The van der Waals surface area contributed by atoms with E-state index in [-0.39, 0.29) is 0 Å². The van der Waals surface area contributed by atoms with Crippen LogP contribution in [0.25, 0.3) is 0 Å². The van der Waals surface area contributed by atoms with Crippen LogP contribution in [0, 0.1) is 0 Å². The van der Waals surface area contributed by atoms with Gasteiger partial charge >= 0.3 is 0 Å². The van der Waals surface area contributed by atoms with E-state index in [4.69, 9.17) is 0 Å². The van der Waals surface area contributed by atoms with E-state index in [1.54, 1.807) is 0 Å². The molecular formula is C12H25NS. The lowest BCUT2D eigenvalue weighted by molar-refractivity contribution is 0.358. The largest absolute Gasteiger partial charge is 0.297 e. The highest BCUT2D eigenvalue weighted by atomic mass is 32.2. The van der Waals surface area contributed by atoms with Crippen molar-refractivity contribution in [2.45, 2.75) is 70.2 Å². The molecule has 2 heteroatoms. The van der Waals surface area contributed by atoms with Crippen LogP contribution >= 0.6 is 11.8 Å². The molecule has 1 N–H and O–H groups in total. The highest BCUT2D eigenvalue weighted by molar-refractivity contribution is 8.00. The van der Waals surface area contributed by atoms with E-state index in [1.165, 1.54) is 37.9 Å². The zero-order chi connectivity index (χ0) is 10.7. The lowest BCUT2D eigenvalue weighted by Gasteiger charge is -2.27. The first kappa shape index (κ1) is 12.4. The molecule has 0 aliphatic carbocycles. The molecule has 0 spiro atoms. The van der Waals surface area contributed by atoms with Crippen LogP contribution in [0.4, 0.5) is 0 Å². The van der Waals surface area contributed by atoms with E-state index in [1.807, 2.05) is 0 Å². The zero-order valence-electron chi connectivity index (χ0n) is 10.2. The summed E-state index contributed by atoms with van der Waals surface area (Å²) in [5, 5.41) is 3.75. The Morgan fingerprint density at radius 2 is 1.86 bits per heavy atom. The van der Waals surface area contributed by atoms with Gasteiger partial charge in [0.1, 0.15) is 0 Å². The Kier molecular flexibility index (Phi) is 4.32. The quantitative estimate of drug-likeness (QED) is 0.700. The van der Waals surface area contributed by atoms with Crippen LogP contribution in [0.15, 0.2) is 0 Å². The van der Waals surface area contributed by atoms with Gasteiger partial charge in [-0.15, -0.1) is 11.8 Å². The maximum Gasteiger partial charge on any atom is 0.0621 e. The van der Waals surface area contributed by atoms with Crippen molar-refractivity contribution in [2.75, 3.05) is 5.75 Å². The lowest BCUT2D eigenvalue weighted by atomic mass is 10.0. The van der Waals surface area contributed by atoms with E-state index in [9.17, 15) is 0 Å². The molecule has 1 nitrogen and oxygen atoms in total. The van der Waals surface area contributed by atoms with Crippen molar-refractivity contribution in [1.82, 2.24) is 5.32 Å². The molecule has 1 aliphatic rings. The Bertz CT molecular complexity index is 179. The molecule has 0 bridgehead atoms. The normalized spacial score (nSPS) is 30.9. The van der Waals surface area contributed by atoms with Crippen molar-refractivity contribution in [3.05, 3.63) is 0 Å². The van der Waals surface area contributed by atoms with Gasteiger partial charge in [-0.2, -0.15) is 0 Å². The van der Waals surface area contributed by atoms with Crippen molar-refractivity contribution < 1.29 is 0 Å². The summed E-state index contributed by atoms with van der Waals surface area (Å²) in [5.74, 6) is 1.25. The molecule has 1 unspecified atom stereocenters. The minimum atomic E-state index is 0.337. The van der Waals surface area contributed by atoms with Crippen LogP contribution in [0.3, 0.4) is 0 Å². The third-order valence-corrected chi connectivity index (χ3v) is 4.67. The second-order valence-corrected chi connectivity index (χ2v) is 6.82. The molecule has 14 heavy (non-hydrogen) atoms. The van der Waals surface area contributed by atoms with Crippen molar-refractivity contribution in [3.8, 4) is 0 Å². The number of hydrogen-bond acceptors (Lipinski definition) is 2. The molecule has 1 fully saturated rings. The van der Waals surface area contributed by atoms with Crippen molar-refractivity contribution in [3.63, 3.8) is 0 Å². The number of nitrogens with one attached hydrogen (secondary N) is 1. The molecule has 1 saturated heterocycles. The summed E-state index contributed by atoms with van der Waals surface area (Å²) in [7, 11) is 0. The summed E-state index contributed by atoms with van der Waals surface area (Å²) in [4.78, 5) is 0.344. The fourth-order valence-electron chi connectivity index (χ4n) is 2.15. The summed E-state index contributed by atoms with van der Waals surface area (Å²) < 4.78 is 0. The van der Waals surface area contributed by atoms with Crippen LogP contribution in [-0.2, 0) is 0 Å². The predicted molar refractivity (Wildman–Crippen MR) is 66.8 cm³/mol. The van der Waals surface area contributed by atoms with Crippen LogP contribution in [0.5, 0.6) is 0 Å². The van der Waals surface area contributed by atoms with Crippen molar-refractivity contribution in [2.24, 2.45) is 0 Å². The van der Waals surface area contributed by atoms with E-state index in [0.717, 1.165) is 0 Å². The van der Waals surface area contributed by atoms with Gasteiger partial charge in [-0.1, -0.05) is 32.6 Å². The van der Waals surface area contributed by atoms with Gasteiger partial charge in [0.25, 0.3) is 0 Å². The second-order valence-electron chi connectivity index (χ2n) is 5.34. The standard InChI is InChI=1S/C12H25NS/c1-5-6-7-8-9-12(4)13-11(2,3)10-14-12/h13H,5-10H2,1-4H3. The molecular weight excluding hydrogens is 190 g/mol. The van der Waals surface area contributed by atoms with Gasteiger partial charge in [-0.05, 0) is 27.2 Å². The maximum atomic E-state index is 3.75. The van der Waals surface area contributed by atoms with Crippen LogP contribution < -0.4 is 5.32 Å². The topological polar surface area (TPSA) is 12.0 Å². The van der Waals surface area contributed by atoms with Crippen molar-refractivity contribution in [1.29, 1.82) is 0 Å². The fourth-order valence-corrected chi connectivity index (χ4v) is 3.54. The summed E-state index contributed by atoms with van der Waals surface area (Å²) in [6.45, 7) is 9.24. The van der Waals surface area contributed by atoms with Gasteiger partial charge in [0.05, 0.1) is 4.87 Å². The maximum absolute atomic E-state index is 3.75. The average molecular weight is 215 g/mol. The highest BCUT2D eigenvalue weighted by Gasteiger charge is 2.38. The summed E-state index contributed by atoms with van der Waals surface area (Å²) in [6.07, 6.45) is 6.82. The van der Waals surface area contributed by atoms with Crippen LogP contribution in [0.2, 0.25) is 0 Å². The van der Waals surface area contributed by atoms with Crippen molar-refractivity contribution >= 4 is 11.8 Å². The smallest absolute Gasteiger partial charge is 0.0621 e. The Labute approximate surface area is 93.4 Å². The first-order chi connectivity index (χ1) is 6.47. The third-order valence-electron chi connectivity index (χ3n) is 2.86. The fraction of sp³-hybridized carbons (Fsp3) is 1.00. The number of unbranched alkanes of at least 4 members (excludes halogenated alkanes) is 3. The zero-order valence-corrected chi connectivity index (χ0v) is 11.0. The Hall–Kier alpha value is 0.310. The molecule has 0 aromatic carbocycles.